The van der Waals surface area contributed by atoms with Gasteiger partial charge in [0, 0.05) is 32.2 Å². The second-order valence-corrected chi connectivity index (χ2v) is 6.75. The molecule has 1 amide bonds. The Bertz CT molecular complexity index is 323. The zero-order valence-corrected chi connectivity index (χ0v) is 12.7. The van der Waals surface area contributed by atoms with E-state index < -0.39 is 0 Å². The predicted molar refractivity (Wildman–Crippen MR) is 77.8 cm³/mol. The van der Waals surface area contributed by atoms with E-state index in [1.54, 1.807) is 0 Å². The normalized spacial score (nSPS) is 37.4. The van der Waals surface area contributed by atoms with Crippen molar-refractivity contribution in [1.29, 1.82) is 0 Å². The highest BCUT2D eigenvalue weighted by atomic mass is 16.2. The molecule has 1 aliphatic heterocycles. The van der Waals surface area contributed by atoms with Crippen LogP contribution >= 0.6 is 0 Å². The van der Waals surface area contributed by atoms with Crippen LogP contribution in [-0.4, -0.2) is 55.0 Å². The van der Waals surface area contributed by atoms with Gasteiger partial charge in [-0.05, 0) is 45.6 Å². The summed E-state index contributed by atoms with van der Waals surface area (Å²) in [5, 5.41) is 0. The van der Waals surface area contributed by atoms with Crippen molar-refractivity contribution >= 4 is 5.91 Å². The first kappa shape index (κ1) is 14.8. The van der Waals surface area contributed by atoms with E-state index in [4.69, 9.17) is 5.73 Å². The molecule has 0 bridgehead atoms. The van der Waals surface area contributed by atoms with Gasteiger partial charge in [0.25, 0.3) is 0 Å². The first-order valence-electron chi connectivity index (χ1n) is 7.68. The SMILES string of the molecule is CC1CCC(CN)(C(=O)N2CCN(C)C(C)C2)CC1. The van der Waals surface area contributed by atoms with Crippen LogP contribution in [0.5, 0.6) is 0 Å². The Hall–Kier alpha value is -0.610. The van der Waals surface area contributed by atoms with E-state index >= 15 is 0 Å². The third kappa shape index (κ3) is 2.95. The summed E-state index contributed by atoms with van der Waals surface area (Å²) >= 11 is 0. The predicted octanol–water partition coefficient (Wildman–Crippen LogP) is 1.30. The quantitative estimate of drug-likeness (QED) is 0.820. The maximum absolute atomic E-state index is 12.9. The molecule has 1 aliphatic carbocycles. The molecule has 1 saturated heterocycles. The Kier molecular flexibility index (Phi) is 4.51. The average Bonchev–Trinajstić information content (AvgIpc) is 2.42. The monoisotopic (exact) mass is 267 g/mol. The fourth-order valence-electron chi connectivity index (χ4n) is 3.39. The van der Waals surface area contributed by atoms with Crippen LogP contribution in [0.2, 0.25) is 0 Å². The summed E-state index contributed by atoms with van der Waals surface area (Å²) in [6.45, 7) is 7.67. The minimum atomic E-state index is -0.262. The smallest absolute Gasteiger partial charge is 0.230 e. The fourth-order valence-corrected chi connectivity index (χ4v) is 3.39. The topological polar surface area (TPSA) is 49.6 Å². The molecule has 0 aromatic carbocycles. The summed E-state index contributed by atoms with van der Waals surface area (Å²) in [7, 11) is 2.13. The number of rotatable bonds is 2. The highest BCUT2D eigenvalue weighted by Gasteiger charge is 2.43. The summed E-state index contributed by atoms with van der Waals surface area (Å²) in [5.41, 5.74) is 5.73. The van der Waals surface area contributed by atoms with Crippen LogP contribution in [0.25, 0.3) is 0 Å². The van der Waals surface area contributed by atoms with Gasteiger partial charge >= 0.3 is 0 Å². The van der Waals surface area contributed by atoms with Gasteiger partial charge in [0.05, 0.1) is 5.41 Å². The molecular formula is C15H29N3O. The molecule has 19 heavy (non-hydrogen) atoms. The first-order valence-corrected chi connectivity index (χ1v) is 7.68. The highest BCUT2D eigenvalue weighted by molar-refractivity contribution is 5.83. The number of nitrogens with two attached hydrogens (primary N) is 1. The molecule has 0 aromatic heterocycles. The maximum Gasteiger partial charge on any atom is 0.230 e. The molecule has 1 saturated carbocycles. The Morgan fingerprint density at radius 1 is 1.26 bits per heavy atom. The second-order valence-electron chi connectivity index (χ2n) is 6.75. The van der Waals surface area contributed by atoms with Crippen molar-refractivity contribution in [2.75, 3.05) is 33.2 Å². The van der Waals surface area contributed by atoms with Crippen LogP contribution in [0.15, 0.2) is 0 Å². The Balaban J connectivity index is 2.04. The van der Waals surface area contributed by atoms with Crippen molar-refractivity contribution in [3.8, 4) is 0 Å². The van der Waals surface area contributed by atoms with Gasteiger partial charge < -0.3 is 15.5 Å². The lowest BCUT2D eigenvalue weighted by Gasteiger charge is -2.44. The standard InChI is InChI=1S/C15H29N3O/c1-12-4-6-15(11-16,7-5-12)14(19)18-9-8-17(3)13(2)10-18/h12-13H,4-11,16H2,1-3H3. The van der Waals surface area contributed by atoms with Crippen LogP contribution in [0.3, 0.4) is 0 Å². The summed E-state index contributed by atoms with van der Waals surface area (Å²) < 4.78 is 0. The molecule has 4 heteroatoms. The van der Waals surface area contributed by atoms with E-state index in [1.807, 2.05) is 0 Å². The number of piperazine rings is 1. The maximum atomic E-state index is 12.9. The van der Waals surface area contributed by atoms with Gasteiger partial charge in [-0.15, -0.1) is 0 Å². The molecule has 2 aliphatic rings. The molecule has 2 rings (SSSR count). The summed E-state index contributed by atoms with van der Waals surface area (Å²) in [4.78, 5) is 17.3. The molecule has 4 nitrogen and oxygen atoms in total. The van der Waals surface area contributed by atoms with Gasteiger partial charge in [-0.25, -0.2) is 0 Å². The first-order chi connectivity index (χ1) is 8.98. The largest absolute Gasteiger partial charge is 0.339 e. The van der Waals surface area contributed by atoms with E-state index in [0.29, 0.717) is 18.5 Å². The van der Waals surface area contributed by atoms with Crippen LogP contribution < -0.4 is 5.73 Å². The Labute approximate surface area is 117 Å². The third-order valence-electron chi connectivity index (χ3n) is 5.32. The van der Waals surface area contributed by atoms with E-state index in [2.05, 4.69) is 30.7 Å². The molecule has 2 N–H and O–H groups in total. The van der Waals surface area contributed by atoms with E-state index in [-0.39, 0.29) is 5.41 Å². The van der Waals surface area contributed by atoms with Crippen molar-refractivity contribution in [2.24, 2.45) is 17.1 Å². The number of hydrogen-bond acceptors (Lipinski definition) is 3. The molecule has 1 unspecified atom stereocenters. The summed E-state index contributed by atoms with van der Waals surface area (Å²) in [6, 6.07) is 0.454. The molecule has 0 radical (unpaired) electrons. The Morgan fingerprint density at radius 3 is 2.42 bits per heavy atom. The van der Waals surface area contributed by atoms with Crippen LogP contribution in [-0.2, 0) is 4.79 Å². The molecule has 0 spiro atoms. The van der Waals surface area contributed by atoms with Crippen molar-refractivity contribution in [2.45, 2.75) is 45.6 Å². The Morgan fingerprint density at radius 2 is 1.89 bits per heavy atom. The van der Waals surface area contributed by atoms with Crippen molar-refractivity contribution in [3.63, 3.8) is 0 Å². The van der Waals surface area contributed by atoms with Crippen molar-refractivity contribution < 1.29 is 4.79 Å². The average molecular weight is 267 g/mol. The zero-order valence-electron chi connectivity index (χ0n) is 12.7. The second kappa shape index (κ2) is 5.80. The molecule has 2 fully saturated rings. The van der Waals surface area contributed by atoms with Gasteiger partial charge in [0.15, 0.2) is 0 Å². The van der Waals surface area contributed by atoms with Gasteiger partial charge in [0.2, 0.25) is 5.91 Å². The van der Waals surface area contributed by atoms with Gasteiger partial charge in [0.1, 0.15) is 0 Å². The number of carbonyl (C=O) groups is 1. The lowest BCUT2D eigenvalue weighted by atomic mass is 9.70. The van der Waals surface area contributed by atoms with Gasteiger partial charge in [-0.1, -0.05) is 6.92 Å². The molecular weight excluding hydrogens is 238 g/mol. The van der Waals surface area contributed by atoms with E-state index in [1.165, 1.54) is 0 Å². The zero-order chi connectivity index (χ0) is 14.0. The number of nitrogens with zero attached hydrogens (tertiary/aromatic N) is 2. The number of carbonyl (C=O) groups excluding carboxylic acids is 1. The summed E-state index contributed by atoms with van der Waals surface area (Å²) in [5.74, 6) is 1.07. The van der Waals surface area contributed by atoms with E-state index in [9.17, 15) is 4.79 Å². The van der Waals surface area contributed by atoms with Gasteiger partial charge in [-0.3, -0.25) is 4.79 Å². The minimum Gasteiger partial charge on any atom is -0.339 e. The van der Waals surface area contributed by atoms with Crippen LogP contribution in [0.4, 0.5) is 0 Å². The van der Waals surface area contributed by atoms with Crippen LogP contribution in [0.1, 0.15) is 39.5 Å². The molecule has 1 heterocycles. The van der Waals surface area contributed by atoms with Crippen LogP contribution in [0, 0.1) is 11.3 Å². The number of hydrogen-bond donors (Lipinski definition) is 1. The van der Waals surface area contributed by atoms with Crippen molar-refractivity contribution in [3.05, 3.63) is 0 Å². The van der Waals surface area contributed by atoms with E-state index in [0.717, 1.165) is 51.2 Å². The third-order valence-corrected chi connectivity index (χ3v) is 5.32. The molecule has 110 valence electrons. The number of likely N-dealkylation sites (N-methyl/N-ethyl adjacent to an activating group) is 1. The number of amides is 1. The van der Waals surface area contributed by atoms with Gasteiger partial charge in [-0.2, -0.15) is 0 Å². The molecule has 1 atom stereocenters. The lowest BCUT2D eigenvalue weighted by Crippen LogP contribution is -2.57. The molecule has 0 aromatic rings. The minimum absolute atomic E-state index is 0.262. The lowest BCUT2D eigenvalue weighted by molar-refractivity contribution is -0.146. The fraction of sp³-hybridized carbons (Fsp3) is 0.933. The summed E-state index contributed by atoms with van der Waals surface area (Å²) in [6.07, 6.45) is 4.24. The highest BCUT2D eigenvalue weighted by Crippen LogP contribution is 2.39. The van der Waals surface area contributed by atoms with Crippen molar-refractivity contribution in [1.82, 2.24) is 9.80 Å².